The van der Waals surface area contributed by atoms with Gasteiger partial charge in [-0.25, -0.2) is 4.98 Å². The molecule has 0 fully saturated rings. The van der Waals surface area contributed by atoms with Crippen LogP contribution in [-0.2, 0) is 16.0 Å². The number of amides is 2. The third kappa shape index (κ3) is 3.55. The molecule has 2 aromatic rings. The van der Waals surface area contributed by atoms with E-state index in [1.54, 1.807) is 31.7 Å². The fraction of sp³-hybridized carbons (Fsp3) is 0.267. The van der Waals surface area contributed by atoms with E-state index in [2.05, 4.69) is 15.3 Å². The third-order valence-corrected chi connectivity index (χ3v) is 3.28. The lowest BCUT2D eigenvalue weighted by Gasteiger charge is -2.22. The molecule has 2 rings (SSSR count). The van der Waals surface area contributed by atoms with Crippen molar-refractivity contribution in [2.75, 3.05) is 11.9 Å². The van der Waals surface area contributed by atoms with Crippen LogP contribution in [0.25, 0.3) is 0 Å². The van der Waals surface area contributed by atoms with Crippen molar-refractivity contribution in [1.29, 1.82) is 0 Å². The van der Waals surface area contributed by atoms with Crippen molar-refractivity contribution in [2.24, 2.45) is 0 Å². The third-order valence-electron chi connectivity index (χ3n) is 3.28. The monoisotopic (exact) mass is 286 g/mol. The number of H-pyrrole nitrogens is 1. The first-order valence-electron chi connectivity index (χ1n) is 6.65. The summed E-state index contributed by atoms with van der Waals surface area (Å²) >= 11 is 0. The number of carbonyl (C=O) groups is 2. The molecule has 0 radical (unpaired) electrons. The number of nitrogens with zero attached hydrogens (tertiary/aromatic N) is 2. The molecule has 1 atom stereocenters. The highest BCUT2D eigenvalue weighted by molar-refractivity contribution is 6.09. The van der Waals surface area contributed by atoms with Crippen molar-refractivity contribution < 1.29 is 9.59 Å². The van der Waals surface area contributed by atoms with E-state index in [4.69, 9.17) is 0 Å². The van der Waals surface area contributed by atoms with Gasteiger partial charge < -0.3 is 10.3 Å². The van der Waals surface area contributed by atoms with Gasteiger partial charge in [0.15, 0.2) is 0 Å². The van der Waals surface area contributed by atoms with Crippen molar-refractivity contribution >= 4 is 18.0 Å². The van der Waals surface area contributed by atoms with Crippen LogP contribution in [0.4, 0.5) is 5.69 Å². The molecule has 0 saturated carbocycles. The number of imidazole rings is 1. The summed E-state index contributed by atoms with van der Waals surface area (Å²) in [7, 11) is 1.69. The number of imide groups is 1. The number of rotatable bonds is 6. The molecule has 0 spiro atoms. The number of hydrogen-bond acceptors (Lipinski definition) is 4. The summed E-state index contributed by atoms with van der Waals surface area (Å²) in [5, 5.41) is 2.94. The summed E-state index contributed by atoms with van der Waals surface area (Å²) in [4.78, 5) is 31.8. The predicted octanol–water partition coefficient (Wildman–Crippen LogP) is 1.04. The lowest BCUT2D eigenvalue weighted by molar-refractivity contribution is -0.123. The lowest BCUT2D eigenvalue weighted by Crippen LogP contribution is -2.46. The Kier molecular flexibility index (Phi) is 4.84. The summed E-state index contributed by atoms with van der Waals surface area (Å²) in [6.07, 6.45) is 4.20. The fourth-order valence-corrected chi connectivity index (χ4v) is 2.04. The van der Waals surface area contributed by atoms with E-state index in [-0.39, 0.29) is 5.91 Å². The number of aromatic nitrogens is 2. The van der Waals surface area contributed by atoms with Crippen LogP contribution in [0.15, 0.2) is 36.8 Å². The molecule has 0 bridgehead atoms. The van der Waals surface area contributed by atoms with Crippen molar-refractivity contribution in [3.05, 3.63) is 48.0 Å². The molecule has 21 heavy (non-hydrogen) atoms. The molecule has 0 aliphatic heterocycles. The smallest absolute Gasteiger partial charge is 0.251 e. The largest absolute Gasteiger partial charge is 0.348 e. The molecule has 0 saturated heterocycles. The molecule has 0 aliphatic rings. The minimum Gasteiger partial charge on any atom is -0.348 e. The van der Waals surface area contributed by atoms with Gasteiger partial charge in [0.25, 0.3) is 5.91 Å². The van der Waals surface area contributed by atoms with Gasteiger partial charge in [0.2, 0.25) is 6.41 Å². The molecule has 6 heteroatoms. The van der Waals surface area contributed by atoms with Crippen LogP contribution in [0.2, 0.25) is 0 Å². The average molecular weight is 286 g/mol. The molecular formula is C15H18N4O2. The van der Waals surface area contributed by atoms with Gasteiger partial charge >= 0.3 is 0 Å². The van der Waals surface area contributed by atoms with Gasteiger partial charge in [0, 0.05) is 18.3 Å². The SMILES string of the molecule is CNC(Cc1cnc[nH]1)C(=O)N(C=O)c1ccc(C)cc1. The van der Waals surface area contributed by atoms with Gasteiger partial charge in [-0.2, -0.15) is 0 Å². The highest BCUT2D eigenvalue weighted by Gasteiger charge is 2.24. The summed E-state index contributed by atoms with van der Waals surface area (Å²) in [6, 6.07) is 6.73. The van der Waals surface area contributed by atoms with E-state index >= 15 is 0 Å². The Morgan fingerprint density at radius 3 is 2.67 bits per heavy atom. The van der Waals surface area contributed by atoms with E-state index in [1.807, 2.05) is 19.1 Å². The average Bonchev–Trinajstić information content (AvgIpc) is 3.00. The number of hydrogen-bond donors (Lipinski definition) is 2. The summed E-state index contributed by atoms with van der Waals surface area (Å²) in [5.41, 5.74) is 2.46. The Morgan fingerprint density at radius 1 is 1.43 bits per heavy atom. The highest BCUT2D eigenvalue weighted by Crippen LogP contribution is 2.15. The maximum Gasteiger partial charge on any atom is 0.251 e. The number of benzene rings is 1. The molecule has 0 aliphatic carbocycles. The second-order valence-corrected chi connectivity index (χ2v) is 4.77. The molecular weight excluding hydrogens is 268 g/mol. The Labute approximate surface area is 123 Å². The normalized spacial score (nSPS) is 11.9. The van der Waals surface area contributed by atoms with Crippen LogP contribution >= 0.6 is 0 Å². The van der Waals surface area contributed by atoms with Crippen molar-refractivity contribution in [3.63, 3.8) is 0 Å². The Bertz CT molecular complexity index is 593. The standard InChI is InChI=1S/C15H18N4O2/c1-11-3-5-13(6-4-11)19(10-20)15(21)14(16-2)7-12-8-17-9-18-12/h3-6,8-10,14,16H,7H2,1-2H3,(H,17,18). The summed E-state index contributed by atoms with van der Waals surface area (Å²) < 4.78 is 0. The van der Waals surface area contributed by atoms with Crippen LogP contribution in [0.5, 0.6) is 0 Å². The first-order valence-corrected chi connectivity index (χ1v) is 6.65. The molecule has 1 unspecified atom stereocenters. The number of aryl methyl sites for hydroxylation is 1. The van der Waals surface area contributed by atoms with Gasteiger partial charge in [-0.15, -0.1) is 0 Å². The molecule has 1 aromatic heterocycles. The minimum absolute atomic E-state index is 0.300. The zero-order valence-corrected chi connectivity index (χ0v) is 12.0. The maximum absolute atomic E-state index is 12.5. The van der Waals surface area contributed by atoms with Crippen LogP contribution < -0.4 is 10.2 Å². The Morgan fingerprint density at radius 2 is 2.14 bits per heavy atom. The number of aromatic amines is 1. The second kappa shape index (κ2) is 6.81. The first-order chi connectivity index (χ1) is 10.2. The number of carbonyl (C=O) groups excluding carboxylic acids is 2. The molecule has 2 N–H and O–H groups in total. The van der Waals surface area contributed by atoms with Crippen LogP contribution in [-0.4, -0.2) is 35.4 Å². The highest BCUT2D eigenvalue weighted by atomic mass is 16.2. The van der Waals surface area contributed by atoms with Crippen LogP contribution in [0, 0.1) is 6.92 Å². The van der Waals surface area contributed by atoms with Gasteiger partial charge in [-0.1, -0.05) is 17.7 Å². The lowest BCUT2D eigenvalue weighted by atomic mass is 10.1. The van der Waals surface area contributed by atoms with E-state index in [0.29, 0.717) is 18.5 Å². The topological polar surface area (TPSA) is 78.1 Å². The molecule has 1 aromatic carbocycles. The Hall–Kier alpha value is -2.47. The fourth-order valence-electron chi connectivity index (χ4n) is 2.04. The predicted molar refractivity (Wildman–Crippen MR) is 79.9 cm³/mol. The van der Waals surface area contributed by atoms with Gasteiger partial charge in [-0.05, 0) is 26.1 Å². The molecule has 1 heterocycles. The summed E-state index contributed by atoms with van der Waals surface area (Å²) in [5.74, 6) is -0.300. The zero-order valence-electron chi connectivity index (χ0n) is 12.0. The van der Waals surface area contributed by atoms with Gasteiger partial charge in [0.1, 0.15) is 0 Å². The summed E-state index contributed by atoms with van der Waals surface area (Å²) in [6.45, 7) is 1.95. The quantitative estimate of drug-likeness (QED) is 0.778. The number of anilines is 1. The van der Waals surface area contributed by atoms with Crippen molar-refractivity contribution in [3.8, 4) is 0 Å². The van der Waals surface area contributed by atoms with Gasteiger partial charge in [-0.3, -0.25) is 14.5 Å². The van der Waals surface area contributed by atoms with E-state index in [1.165, 1.54) is 0 Å². The maximum atomic E-state index is 12.5. The Balaban J connectivity index is 2.17. The van der Waals surface area contributed by atoms with Crippen molar-refractivity contribution in [1.82, 2.24) is 15.3 Å². The second-order valence-electron chi connectivity index (χ2n) is 4.77. The van der Waals surface area contributed by atoms with Gasteiger partial charge in [0.05, 0.1) is 18.1 Å². The molecule has 2 amide bonds. The molecule has 6 nitrogen and oxygen atoms in total. The van der Waals surface area contributed by atoms with E-state index in [9.17, 15) is 9.59 Å². The van der Waals surface area contributed by atoms with Crippen LogP contribution in [0.3, 0.4) is 0 Å². The molecule has 110 valence electrons. The van der Waals surface area contributed by atoms with Crippen molar-refractivity contribution in [2.45, 2.75) is 19.4 Å². The minimum atomic E-state index is -0.503. The zero-order chi connectivity index (χ0) is 15.2. The van der Waals surface area contributed by atoms with E-state index in [0.717, 1.165) is 16.2 Å². The number of likely N-dealkylation sites (N-methyl/N-ethyl adjacent to an activating group) is 1. The number of nitrogens with one attached hydrogen (secondary N) is 2. The van der Waals surface area contributed by atoms with E-state index < -0.39 is 6.04 Å². The van der Waals surface area contributed by atoms with Crippen LogP contribution in [0.1, 0.15) is 11.3 Å². The first kappa shape index (κ1) is 14.9.